The molecule has 2 heterocycles. The summed E-state index contributed by atoms with van der Waals surface area (Å²) in [6.07, 6.45) is -2.78. The van der Waals surface area contributed by atoms with Gasteiger partial charge >= 0.3 is 6.18 Å². The van der Waals surface area contributed by atoms with Gasteiger partial charge in [-0.25, -0.2) is 0 Å². The molecule has 0 spiro atoms. The maximum Gasteiger partial charge on any atom is 0.418 e. The molecule has 1 fully saturated rings. The molecule has 1 unspecified atom stereocenters. The van der Waals surface area contributed by atoms with Crippen molar-refractivity contribution >= 4 is 17.3 Å². The fourth-order valence-corrected chi connectivity index (χ4v) is 4.81. The van der Waals surface area contributed by atoms with Crippen LogP contribution in [0.4, 0.5) is 18.9 Å². The molecule has 9 heteroatoms. The number of anilines is 1. The lowest BCUT2D eigenvalue weighted by Crippen LogP contribution is -2.29. The second-order valence-corrected chi connectivity index (χ2v) is 8.91. The lowest BCUT2D eigenvalue weighted by molar-refractivity contribution is -0.137. The highest BCUT2D eigenvalue weighted by atomic mass is 35.5. The second-order valence-electron chi connectivity index (χ2n) is 8.47. The number of halogens is 4. The molecule has 2 aromatic carbocycles. The van der Waals surface area contributed by atoms with Crippen LogP contribution < -0.4 is 10.5 Å². The first-order chi connectivity index (χ1) is 15.7. The van der Waals surface area contributed by atoms with Crippen LogP contribution in [0.5, 0.6) is 0 Å². The molecule has 1 aliphatic carbocycles. The summed E-state index contributed by atoms with van der Waals surface area (Å²) in [7, 11) is 0. The predicted molar refractivity (Wildman–Crippen MR) is 120 cm³/mol. The standard InChI is InChI=1S/C24H21ClF3N3O2/c25-15-6-4-14(5-7-15)22-18-2-1-3-19(18)23(33)31(29-22)21-12-16(30-11-10-17(32)13-30)8-9-20(21)24(26,27)28/h4-9,12,17,32H,1-3,10-11,13H2. The van der Waals surface area contributed by atoms with Gasteiger partial charge in [-0.2, -0.15) is 23.0 Å². The van der Waals surface area contributed by atoms with Gasteiger partial charge in [0.2, 0.25) is 0 Å². The lowest BCUT2D eigenvalue weighted by atomic mass is 10.0. The monoisotopic (exact) mass is 475 g/mol. The van der Waals surface area contributed by atoms with Crippen LogP contribution in [0.2, 0.25) is 5.02 Å². The van der Waals surface area contributed by atoms with Gasteiger partial charge in [-0.3, -0.25) is 4.79 Å². The third-order valence-electron chi connectivity index (χ3n) is 6.32. The molecule has 0 radical (unpaired) electrons. The molecule has 3 aromatic rings. The van der Waals surface area contributed by atoms with E-state index < -0.39 is 23.4 Å². The first kappa shape index (κ1) is 22.0. The number of hydrogen-bond donors (Lipinski definition) is 1. The van der Waals surface area contributed by atoms with Gasteiger partial charge in [0.15, 0.2) is 0 Å². The molecule has 5 rings (SSSR count). The van der Waals surface area contributed by atoms with Crippen molar-refractivity contribution in [2.24, 2.45) is 0 Å². The van der Waals surface area contributed by atoms with Crippen LogP contribution in [0.1, 0.15) is 29.5 Å². The minimum atomic E-state index is -4.67. The van der Waals surface area contributed by atoms with Gasteiger partial charge in [-0.1, -0.05) is 23.7 Å². The van der Waals surface area contributed by atoms with E-state index >= 15 is 0 Å². The summed E-state index contributed by atoms with van der Waals surface area (Å²) in [5, 5.41) is 14.9. The Labute approximate surface area is 193 Å². The van der Waals surface area contributed by atoms with Gasteiger partial charge in [-0.05, 0) is 61.6 Å². The predicted octanol–water partition coefficient (Wildman–Crippen LogP) is 4.63. The number of aromatic nitrogens is 2. The van der Waals surface area contributed by atoms with Crippen molar-refractivity contribution < 1.29 is 18.3 Å². The van der Waals surface area contributed by atoms with Crippen LogP contribution in [0, 0.1) is 0 Å². The van der Waals surface area contributed by atoms with E-state index in [4.69, 9.17) is 11.6 Å². The minimum Gasteiger partial charge on any atom is -0.391 e. The summed E-state index contributed by atoms with van der Waals surface area (Å²) < 4.78 is 42.8. The van der Waals surface area contributed by atoms with E-state index in [-0.39, 0.29) is 5.69 Å². The van der Waals surface area contributed by atoms with Gasteiger partial charge in [0, 0.05) is 34.9 Å². The summed E-state index contributed by atoms with van der Waals surface area (Å²) in [5.41, 5.74) is 1.22. The van der Waals surface area contributed by atoms with Gasteiger partial charge in [0.05, 0.1) is 23.0 Å². The molecule has 1 aromatic heterocycles. The summed E-state index contributed by atoms with van der Waals surface area (Å²) in [4.78, 5) is 15.1. The smallest absolute Gasteiger partial charge is 0.391 e. The fourth-order valence-electron chi connectivity index (χ4n) is 4.69. The number of benzene rings is 2. The van der Waals surface area contributed by atoms with E-state index in [0.717, 1.165) is 22.7 Å². The number of rotatable bonds is 3. The van der Waals surface area contributed by atoms with Crippen molar-refractivity contribution in [2.75, 3.05) is 18.0 Å². The van der Waals surface area contributed by atoms with Gasteiger partial charge in [-0.15, -0.1) is 0 Å². The molecule has 1 atom stereocenters. The normalized spacial score (nSPS) is 18.1. The molecule has 0 bridgehead atoms. The average molecular weight is 476 g/mol. The van der Waals surface area contributed by atoms with Crippen molar-refractivity contribution in [2.45, 2.75) is 38.0 Å². The Morgan fingerprint density at radius 3 is 2.45 bits per heavy atom. The van der Waals surface area contributed by atoms with Gasteiger partial charge in [0.25, 0.3) is 5.56 Å². The Morgan fingerprint density at radius 1 is 1.06 bits per heavy atom. The molecule has 0 amide bonds. The molecule has 2 aliphatic rings. The van der Waals surface area contributed by atoms with Crippen molar-refractivity contribution in [3.8, 4) is 16.9 Å². The van der Waals surface area contributed by atoms with Crippen molar-refractivity contribution in [3.63, 3.8) is 0 Å². The van der Waals surface area contributed by atoms with Gasteiger partial charge in [0.1, 0.15) is 0 Å². The van der Waals surface area contributed by atoms with Gasteiger partial charge < -0.3 is 10.0 Å². The first-order valence-electron chi connectivity index (χ1n) is 10.8. The Balaban J connectivity index is 1.74. The number of alkyl halides is 3. The van der Waals surface area contributed by atoms with E-state index in [1.807, 2.05) is 4.90 Å². The number of aliphatic hydroxyl groups excluding tert-OH is 1. The summed E-state index contributed by atoms with van der Waals surface area (Å²) in [6, 6.07) is 10.6. The average Bonchev–Trinajstić information content (AvgIpc) is 3.44. The maximum atomic E-state index is 14.0. The highest BCUT2D eigenvalue weighted by Crippen LogP contribution is 2.37. The Kier molecular flexibility index (Phi) is 5.45. The maximum absolute atomic E-state index is 14.0. The molecule has 1 aliphatic heterocycles. The van der Waals surface area contributed by atoms with E-state index in [0.29, 0.717) is 59.9 Å². The van der Waals surface area contributed by atoms with E-state index in [2.05, 4.69) is 5.10 Å². The minimum absolute atomic E-state index is 0.309. The van der Waals surface area contributed by atoms with E-state index in [1.54, 1.807) is 24.3 Å². The molecule has 33 heavy (non-hydrogen) atoms. The first-order valence-corrected chi connectivity index (χ1v) is 11.2. The Hall–Kier alpha value is -2.84. The number of β-amino-alcohol motifs (C(OH)–C–C–N with tert-alkyl or cyclic N) is 1. The molecular formula is C24H21ClF3N3O2. The molecule has 1 saturated heterocycles. The Morgan fingerprint density at radius 2 is 1.79 bits per heavy atom. The zero-order valence-corrected chi connectivity index (χ0v) is 18.3. The second kappa shape index (κ2) is 8.18. The third-order valence-corrected chi connectivity index (χ3v) is 6.57. The third kappa shape index (κ3) is 4.02. The topological polar surface area (TPSA) is 58.4 Å². The van der Waals surface area contributed by atoms with Crippen LogP contribution in [0.3, 0.4) is 0 Å². The number of hydrogen-bond acceptors (Lipinski definition) is 4. The zero-order chi connectivity index (χ0) is 23.3. The van der Waals surface area contributed by atoms with Crippen molar-refractivity contribution in [1.82, 2.24) is 9.78 Å². The quantitative estimate of drug-likeness (QED) is 0.600. The largest absolute Gasteiger partial charge is 0.418 e. The van der Waals surface area contributed by atoms with Crippen LogP contribution in [-0.2, 0) is 19.0 Å². The van der Waals surface area contributed by atoms with Crippen molar-refractivity contribution in [1.29, 1.82) is 0 Å². The molecule has 0 saturated carbocycles. The number of aliphatic hydroxyl groups is 1. The Bertz CT molecular complexity index is 1270. The molecule has 5 nitrogen and oxygen atoms in total. The zero-order valence-electron chi connectivity index (χ0n) is 17.6. The van der Waals surface area contributed by atoms with E-state index in [1.165, 1.54) is 12.1 Å². The summed E-state index contributed by atoms with van der Waals surface area (Å²) >= 11 is 6.01. The summed E-state index contributed by atoms with van der Waals surface area (Å²) in [6.45, 7) is 0.849. The molecular weight excluding hydrogens is 455 g/mol. The number of fused-ring (bicyclic) bond motifs is 1. The SMILES string of the molecule is O=c1c2c(c(-c3ccc(Cl)cc3)nn1-c1cc(N3CCC(O)C3)ccc1C(F)(F)F)CCC2. The highest BCUT2D eigenvalue weighted by molar-refractivity contribution is 6.30. The summed E-state index contributed by atoms with van der Waals surface area (Å²) in [5.74, 6) is 0. The van der Waals surface area contributed by atoms with Crippen molar-refractivity contribution in [3.05, 3.63) is 74.5 Å². The molecule has 1 N–H and O–H groups in total. The number of nitrogens with zero attached hydrogens (tertiary/aromatic N) is 3. The lowest BCUT2D eigenvalue weighted by Gasteiger charge is -2.22. The molecule has 172 valence electrons. The highest BCUT2D eigenvalue weighted by Gasteiger charge is 2.36. The van der Waals surface area contributed by atoms with Crippen LogP contribution in [0.25, 0.3) is 16.9 Å². The van der Waals surface area contributed by atoms with Crippen LogP contribution in [0.15, 0.2) is 47.3 Å². The fraction of sp³-hybridized carbons (Fsp3) is 0.333. The van der Waals surface area contributed by atoms with E-state index in [9.17, 15) is 23.1 Å². The van der Waals surface area contributed by atoms with Crippen LogP contribution >= 0.6 is 11.6 Å². The van der Waals surface area contributed by atoms with Crippen LogP contribution in [-0.4, -0.2) is 34.1 Å².